The molecule has 0 bridgehead atoms. The average Bonchev–Trinajstić information content (AvgIpc) is 2.78. The summed E-state index contributed by atoms with van der Waals surface area (Å²) in [6.45, 7) is 2.86. The van der Waals surface area contributed by atoms with Crippen LogP contribution in [0.2, 0.25) is 0 Å². The maximum Gasteiger partial charge on any atom is 0.328 e. The maximum absolute atomic E-state index is 11.7. The van der Waals surface area contributed by atoms with Crippen molar-refractivity contribution in [3.05, 3.63) is 24.3 Å². The second-order valence-electron chi connectivity index (χ2n) is 4.71. The van der Waals surface area contributed by atoms with Gasteiger partial charge < -0.3 is 14.8 Å². The van der Waals surface area contributed by atoms with E-state index in [0.29, 0.717) is 10.8 Å². The molecule has 0 fully saturated rings. The molecule has 20 heavy (non-hydrogen) atoms. The number of benzene rings is 1. The average molecular weight is 294 g/mol. The minimum atomic E-state index is -1.29. The summed E-state index contributed by atoms with van der Waals surface area (Å²) in [5, 5.41) is 11.7. The molecule has 0 aliphatic rings. The topological polar surface area (TPSA) is 92.4 Å². The van der Waals surface area contributed by atoms with Gasteiger partial charge in [-0.3, -0.25) is 4.79 Å². The van der Waals surface area contributed by atoms with Crippen LogP contribution in [0.25, 0.3) is 11.1 Å². The van der Waals surface area contributed by atoms with Gasteiger partial charge in [0, 0.05) is 0 Å². The van der Waals surface area contributed by atoms with Crippen LogP contribution in [0.3, 0.4) is 0 Å². The molecule has 1 aromatic heterocycles. The lowest BCUT2D eigenvalue weighted by Gasteiger charge is -2.20. The monoisotopic (exact) mass is 294 g/mol. The SMILES string of the molecule is CC(C)(NC(=O)CSc1nc2ccccc2o1)C(=O)O. The van der Waals surface area contributed by atoms with Crippen LogP contribution in [0.5, 0.6) is 0 Å². The van der Waals surface area contributed by atoms with Crippen LogP contribution in [0.4, 0.5) is 0 Å². The van der Waals surface area contributed by atoms with E-state index in [-0.39, 0.29) is 11.7 Å². The number of amides is 1. The van der Waals surface area contributed by atoms with Gasteiger partial charge in [0.15, 0.2) is 5.58 Å². The van der Waals surface area contributed by atoms with Crippen LogP contribution in [-0.4, -0.2) is 33.3 Å². The summed E-state index contributed by atoms with van der Waals surface area (Å²) < 4.78 is 5.45. The Balaban J connectivity index is 1.95. The number of carboxylic acids is 1. The number of nitrogens with zero attached hydrogens (tertiary/aromatic N) is 1. The molecule has 0 spiro atoms. The van der Waals surface area contributed by atoms with Crippen molar-refractivity contribution in [2.75, 3.05) is 5.75 Å². The number of rotatable bonds is 5. The fourth-order valence-corrected chi connectivity index (χ4v) is 2.12. The van der Waals surface area contributed by atoms with E-state index in [0.717, 1.165) is 17.3 Å². The van der Waals surface area contributed by atoms with Crippen molar-refractivity contribution < 1.29 is 19.1 Å². The number of para-hydroxylation sites is 2. The minimum Gasteiger partial charge on any atom is -0.480 e. The Morgan fingerprint density at radius 3 is 2.75 bits per heavy atom. The molecule has 0 saturated heterocycles. The summed E-state index contributed by atoms with van der Waals surface area (Å²) in [7, 11) is 0. The van der Waals surface area contributed by atoms with Gasteiger partial charge >= 0.3 is 5.97 Å². The molecular weight excluding hydrogens is 280 g/mol. The molecule has 0 saturated carbocycles. The van der Waals surface area contributed by atoms with E-state index in [4.69, 9.17) is 9.52 Å². The first-order chi connectivity index (χ1) is 9.38. The number of aromatic nitrogens is 1. The van der Waals surface area contributed by atoms with Gasteiger partial charge in [0.1, 0.15) is 11.1 Å². The number of carboxylic acid groups (broad SMARTS) is 1. The summed E-state index contributed by atoms with van der Waals surface area (Å²) in [6, 6.07) is 7.29. The Morgan fingerprint density at radius 1 is 1.40 bits per heavy atom. The van der Waals surface area contributed by atoms with Crippen LogP contribution in [0.15, 0.2) is 33.9 Å². The third-order valence-electron chi connectivity index (χ3n) is 2.59. The van der Waals surface area contributed by atoms with Gasteiger partial charge in [-0.25, -0.2) is 9.78 Å². The Hall–Kier alpha value is -2.02. The van der Waals surface area contributed by atoms with Crippen molar-refractivity contribution in [1.29, 1.82) is 0 Å². The Morgan fingerprint density at radius 2 is 2.10 bits per heavy atom. The number of carbonyl (C=O) groups excluding carboxylic acids is 1. The highest BCUT2D eigenvalue weighted by atomic mass is 32.2. The fourth-order valence-electron chi connectivity index (χ4n) is 1.48. The number of aliphatic carboxylic acids is 1. The Bertz CT molecular complexity index is 618. The molecule has 0 aliphatic carbocycles. The highest BCUT2D eigenvalue weighted by molar-refractivity contribution is 7.99. The second kappa shape index (κ2) is 5.54. The molecule has 1 amide bonds. The lowest BCUT2D eigenvalue weighted by Crippen LogP contribution is -2.50. The second-order valence-corrected chi connectivity index (χ2v) is 5.64. The molecule has 1 heterocycles. The lowest BCUT2D eigenvalue weighted by molar-refractivity contribution is -0.145. The number of carbonyl (C=O) groups is 2. The first-order valence-corrected chi connectivity index (χ1v) is 6.90. The van der Waals surface area contributed by atoms with Crippen LogP contribution in [0.1, 0.15) is 13.8 Å². The van der Waals surface area contributed by atoms with Crippen LogP contribution >= 0.6 is 11.8 Å². The Labute approximate surface area is 119 Å². The molecule has 2 aromatic rings. The predicted molar refractivity (Wildman–Crippen MR) is 74.6 cm³/mol. The van der Waals surface area contributed by atoms with Crippen molar-refractivity contribution in [1.82, 2.24) is 10.3 Å². The number of thioether (sulfide) groups is 1. The number of hydrogen-bond donors (Lipinski definition) is 2. The van der Waals surface area contributed by atoms with E-state index in [1.165, 1.54) is 13.8 Å². The number of hydrogen-bond acceptors (Lipinski definition) is 5. The molecule has 7 heteroatoms. The summed E-state index contributed by atoms with van der Waals surface area (Å²) in [5.74, 6) is -1.42. The Kier molecular flexibility index (Phi) is 3.99. The van der Waals surface area contributed by atoms with Crippen LogP contribution in [-0.2, 0) is 9.59 Å². The quantitative estimate of drug-likeness (QED) is 0.818. The zero-order valence-corrected chi connectivity index (χ0v) is 11.9. The first kappa shape index (κ1) is 14.4. The highest BCUT2D eigenvalue weighted by Crippen LogP contribution is 2.22. The summed E-state index contributed by atoms with van der Waals surface area (Å²) in [6.07, 6.45) is 0. The van der Waals surface area contributed by atoms with Crippen molar-refractivity contribution in [3.8, 4) is 0 Å². The van der Waals surface area contributed by atoms with E-state index >= 15 is 0 Å². The molecule has 0 atom stereocenters. The number of fused-ring (bicyclic) bond motifs is 1. The maximum atomic E-state index is 11.7. The molecule has 1 aromatic carbocycles. The zero-order chi connectivity index (χ0) is 14.8. The summed E-state index contributed by atoms with van der Waals surface area (Å²) in [5.41, 5.74) is 0.0847. The minimum absolute atomic E-state index is 0.0452. The largest absolute Gasteiger partial charge is 0.480 e. The standard InChI is InChI=1S/C13H14N2O4S/c1-13(2,11(17)18)15-10(16)7-20-12-14-8-5-3-4-6-9(8)19-12/h3-6H,7H2,1-2H3,(H,15,16)(H,17,18). The molecule has 106 valence electrons. The number of oxazole rings is 1. The van der Waals surface area contributed by atoms with Gasteiger partial charge in [0.2, 0.25) is 5.91 Å². The molecule has 6 nitrogen and oxygen atoms in total. The summed E-state index contributed by atoms with van der Waals surface area (Å²) in [4.78, 5) is 26.8. The van der Waals surface area contributed by atoms with E-state index in [1.807, 2.05) is 18.2 Å². The van der Waals surface area contributed by atoms with Gasteiger partial charge in [0.25, 0.3) is 5.22 Å². The van der Waals surface area contributed by atoms with E-state index in [2.05, 4.69) is 10.3 Å². The number of nitrogens with one attached hydrogen (secondary N) is 1. The molecule has 0 radical (unpaired) electrons. The highest BCUT2D eigenvalue weighted by Gasteiger charge is 2.28. The fraction of sp³-hybridized carbons (Fsp3) is 0.308. The third kappa shape index (κ3) is 3.30. The normalized spacial score (nSPS) is 11.5. The van der Waals surface area contributed by atoms with E-state index in [9.17, 15) is 9.59 Å². The summed E-state index contributed by atoms with van der Waals surface area (Å²) >= 11 is 1.12. The van der Waals surface area contributed by atoms with Crippen molar-refractivity contribution in [2.45, 2.75) is 24.6 Å². The van der Waals surface area contributed by atoms with Gasteiger partial charge in [-0.05, 0) is 26.0 Å². The van der Waals surface area contributed by atoms with Crippen molar-refractivity contribution in [2.24, 2.45) is 0 Å². The van der Waals surface area contributed by atoms with E-state index < -0.39 is 11.5 Å². The molecule has 2 rings (SSSR count). The lowest BCUT2D eigenvalue weighted by atomic mass is 10.1. The van der Waals surface area contributed by atoms with Gasteiger partial charge in [-0.2, -0.15) is 0 Å². The van der Waals surface area contributed by atoms with E-state index in [1.54, 1.807) is 6.07 Å². The molecule has 0 unspecified atom stereocenters. The first-order valence-electron chi connectivity index (χ1n) is 5.91. The zero-order valence-electron chi connectivity index (χ0n) is 11.0. The predicted octanol–water partition coefficient (Wildman–Crippen LogP) is 1.90. The smallest absolute Gasteiger partial charge is 0.328 e. The molecular formula is C13H14N2O4S. The van der Waals surface area contributed by atoms with Crippen molar-refractivity contribution >= 4 is 34.7 Å². The van der Waals surface area contributed by atoms with Gasteiger partial charge in [-0.15, -0.1) is 0 Å². The molecule has 0 aliphatic heterocycles. The van der Waals surface area contributed by atoms with Gasteiger partial charge in [0.05, 0.1) is 5.75 Å². The van der Waals surface area contributed by atoms with Crippen LogP contribution in [0, 0.1) is 0 Å². The molecule has 2 N–H and O–H groups in total. The van der Waals surface area contributed by atoms with Crippen molar-refractivity contribution in [3.63, 3.8) is 0 Å². The van der Waals surface area contributed by atoms with Gasteiger partial charge in [-0.1, -0.05) is 23.9 Å². The van der Waals surface area contributed by atoms with Crippen LogP contribution < -0.4 is 5.32 Å². The third-order valence-corrected chi connectivity index (χ3v) is 3.42.